The van der Waals surface area contributed by atoms with E-state index < -0.39 is 11.9 Å². The SMILES string of the molecule is CCN(C#N)C(=O)C(Cc1ccccc1)NC(=O)NC1CC1c1ccccc1. The Labute approximate surface area is 165 Å². The van der Waals surface area contributed by atoms with Crippen molar-refractivity contribution in [2.45, 2.75) is 37.8 Å². The first-order chi connectivity index (χ1) is 13.6. The number of likely N-dealkylation sites (N-methyl/N-ethyl adjacent to an activating group) is 1. The van der Waals surface area contributed by atoms with E-state index in [1.807, 2.05) is 54.7 Å². The van der Waals surface area contributed by atoms with Crippen molar-refractivity contribution in [1.82, 2.24) is 15.5 Å². The minimum absolute atomic E-state index is 0.0631. The van der Waals surface area contributed by atoms with E-state index in [0.29, 0.717) is 12.3 Å². The van der Waals surface area contributed by atoms with Gasteiger partial charge in [0.15, 0.2) is 6.19 Å². The second kappa shape index (κ2) is 9.05. The van der Waals surface area contributed by atoms with Crippen LogP contribution in [0.1, 0.15) is 30.4 Å². The molecule has 0 bridgehead atoms. The lowest BCUT2D eigenvalue weighted by Crippen LogP contribution is -2.51. The smallest absolute Gasteiger partial charge is 0.315 e. The van der Waals surface area contributed by atoms with Crippen LogP contribution in [0.5, 0.6) is 0 Å². The summed E-state index contributed by atoms with van der Waals surface area (Å²) in [6.45, 7) is 2.00. The van der Waals surface area contributed by atoms with Gasteiger partial charge in [0.2, 0.25) is 0 Å². The van der Waals surface area contributed by atoms with Gasteiger partial charge in [-0.2, -0.15) is 5.26 Å². The number of hydrogen-bond acceptors (Lipinski definition) is 3. The molecule has 0 radical (unpaired) electrons. The first kappa shape index (κ1) is 19.4. The summed E-state index contributed by atoms with van der Waals surface area (Å²) < 4.78 is 0. The van der Waals surface area contributed by atoms with Crippen LogP contribution in [0.2, 0.25) is 0 Å². The molecule has 1 aliphatic rings. The molecular weight excluding hydrogens is 352 g/mol. The zero-order valence-corrected chi connectivity index (χ0v) is 15.8. The maximum Gasteiger partial charge on any atom is 0.315 e. The highest BCUT2D eigenvalue weighted by Crippen LogP contribution is 2.40. The van der Waals surface area contributed by atoms with Crippen LogP contribution in [-0.4, -0.2) is 35.5 Å². The molecule has 3 rings (SSSR count). The standard InChI is InChI=1S/C22H24N4O2/c1-2-26(15-23)21(27)20(13-16-9-5-3-6-10-16)25-22(28)24-19-14-18(19)17-11-7-4-8-12-17/h3-12,18-20H,2,13-14H2,1H3,(H2,24,25,28). The van der Waals surface area contributed by atoms with Crippen LogP contribution in [-0.2, 0) is 11.2 Å². The van der Waals surface area contributed by atoms with Gasteiger partial charge in [-0.05, 0) is 24.5 Å². The van der Waals surface area contributed by atoms with Crippen molar-refractivity contribution in [2.75, 3.05) is 6.54 Å². The molecule has 0 aromatic heterocycles. The quantitative estimate of drug-likeness (QED) is 0.576. The molecule has 6 heteroatoms. The molecule has 1 aliphatic carbocycles. The molecule has 0 heterocycles. The van der Waals surface area contributed by atoms with Gasteiger partial charge in [-0.25, -0.2) is 9.69 Å². The molecule has 3 atom stereocenters. The normalized spacial score (nSPS) is 18.4. The van der Waals surface area contributed by atoms with Gasteiger partial charge in [0.25, 0.3) is 5.91 Å². The summed E-state index contributed by atoms with van der Waals surface area (Å²) in [5, 5.41) is 14.9. The van der Waals surface area contributed by atoms with Gasteiger partial charge in [-0.15, -0.1) is 0 Å². The minimum Gasteiger partial charge on any atom is -0.335 e. The Balaban J connectivity index is 1.63. The number of nitrogens with one attached hydrogen (secondary N) is 2. The van der Waals surface area contributed by atoms with Crippen molar-refractivity contribution in [2.24, 2.45) is 0 Å². The van der Waals surface area contributed by atoms with Crippen molar-refractivity contribution in [3.8, 4) is 6.19 Å². The lowest BCUT2D eigenvalue weighted by molar-refractivity contribution is -0.129. The monoisotopic (exact) mass is 376 g/mol. The third kappa shape index (κ3) is 4.89. The van der Waals surface area contributed by atoms with Crippen molar-refractivity contribution in [3.63, 3.8) is 0 Å². The van der Waals surface area contributed by atoms with Gasteiger partial charge in [0.05, 0.1) is 0 Å². The second-order valence-corrected chi connectivity index (χ2v) is 6.90. The summed E-state index contributed by atoms with van der Waals surface area (Å²) >= 11 is 0. The van der Waals surface area contributed by atoms with Crippen LogP contribution in [0.15, 0.2) is 60.7 Å². The molecule has 0 saturated heterocycles. The molecule has 1 fully saturated rings. The molecule has 144 valence electrons. The first-order valence-corrected chi connectivity index (χ1v) is 9.49. The first-order valence-electron chi connectivity index (χ1n) is 9.49. The van der Waals surface area contributed by atoms with Crippen LogP contribution >= 0.6 is 0 Å². The van der Waals surface area contributed by atoms with Gasteiger partial charge in [0.1, 0.15) is 6.04 Å². The number of carbonyl (C=O) groups excluding carboxylic acids is 2. The Morgan fingerprint density at radius 1 is 1.14 bits per heavy atom. The molecule has 2 aromatic carbocycles. The highest BCUT2D eigenvalue weighted by Gasteiger charge is 2.40. The molecule has 0 spiro atoms. The molecule has 3 unspecified atom stereocenters. The van der Waals surface area contributed by atoms with E-state index in [-0.39, 0.29) is 18.6 Å². The van der Waals surface area contributed by atoms with E-state index >= 15 is 0 Å². The average Bonchev–Trinajstić information content (AvgIpc) is 3.48. The summed E-state index contributed by atoms with van der Waals surface area (Å²) in [5.41, 5.74) is 2.12. The van der Waals surface area contributed by atoms with E-state index in [1.165, 1.54) is 5.56 Å². The fraction of sp³-hybridized carbons (Fsp3) is 0.318. The van der Waals surface area contributed by atoms with E-state index in [9.17, 15) is 14.9 Å². The van der Waals surface area contributed by atoms with Crippen LogP contribution in [0.3, 0.4) is 0 Å². The third-order valence-electron chi connectivity index (χ3n) is 4.92. The minimum atomic E-state index is -0.795. The summed E-state index contributed by atoms with van der Waals surface area (Å²) in [5.74, 6) is -0.0964. The van der Waals surface area contributed by atoms with Crippen molar-refractivity contribution in [1.29, 1.82) is 5.26 Å². The molecule has 1 saturated carbocycles. The Kier molecular flexibility index (Phi) is 6.28. The summed E-state index contributed by atoms with van der Waals surface area (Å²) in [6.07, 6.45) is 3.10. The molecule has 2 N–H and O–H groups in total. The number of amides is 3. The summed E-state index contributed by atoms with van der Waals surface area (Å²) in [4.78, 5) is 26.3. The molecule has 2 aromatic rings. The number of nitriles is 1. The molecule has 28 heavy (non-hydrogen) atoms. The van der Waals surface area contributed by atoms with E-state index in [4.69, 9.17) is 0 Å². The van der Waals surface area contributed by atoms with E-state index in [2.05, 4.69) is 22.8 Å². The number of urea groups is 1. The summed E-state index contributed by atoms with van der Waals surface area (Å²) in [6, 6.07) is 18.4. The Bertz CT molecular complexity index is 848. The molecule has 3 amide bonds. The Morgan fingerprint density at radius 2 is 1.79 bits per heavy atom. The van der Waals surface area contributed by atoms with Gasteiger partial charge >= 0.3 is 6.03 Å². The summed E-state index contributed by atoms with van der Waals surface area (Å²) in [7, 11) is 0. The highest BCUT2D eigenvalue weighted by atomic mass is 16.2. The maximum absolute atomic E-state index is 12.7. The third-order valence-corrected chi connectivity index (χ3v) is 4.92. The maximum atomic E-state index is 12.7. The number of nitrogens with zero attached hydrogens (tertiary/aromatic N) is 2. The van der Waals surface area contributed by atoms with E-state index in [1.54, 1.807) is 6.92 Å². The zero-order valence-electron chi connectivity index (χ0n) is 15.8. The predicted molar refractivity (Wildman–Crippen MR) is 106 cm³/mol. The predicted octanol–water partition coefficient (Wildman–Crippen LogP) is 2.78. The van der Waals surface area contributed by atoms with Crippen LogP contribution in [0, 0.1) is 11.5 Å². The van der Waals surface area contributed by atoms with Gasteiger partial charge in [-0.3, -0.25) is 4.79 Å². The number of benzene rings is 2. The molecule has 6 nitrogen and oxygen atoms in total. The van der Waals surface area contributed by atoms with Gasteiger partial charge in [0, 0.05) is 24.9 Å². The number of hydrogen-bond donors (Lipinski definition) is 2. The number of carbonyl (C=O) groups is 2. The average molecular weight is 376 g/mol. The van der Waals surface area contributed by atoms with E-state index in [0.717, 1.165) is 16.9 Å². The van der Waals surface area contributed by atoms with Crippen molar-refractivity contribution in [3.05, 3.63) is 71.8 Å². The largest absolute Gasteiger partial charge is 0.335 e. The lowest BCUT2D eigenvalue weighted by atomic mass is 10.0. The Morgan fingerprint density at radius 3 is 2.39 bits per heavy atom. The van der Waals surface area contributed by atoms with Gasteiger partial charge in [-0.1, -0.05) is 60.7 Å². The van der Waals surface area contributed by atoms with Crippen LogP contribution < -0.4 is 10.6 Å². The fourth-order valence-electron chi connectivity index (χ4n) is 3.31. The van der Waals surface area contributed by atoms with Crippen LogP contribution in [0.25, 0.3) is 0 Å². The highest BCUT2D eigenvalue weighted by molar-refractivity contribution is 5.88. The fourth-order valence-corrected chi connectivity index (χ4v) is 3.31. The molecular formula is C22H24N4O2. The second-order valence-electron chi connectivity index (χ2n) is 6.90. The number of rotatable bonds is 7. The topological polar surface area (TPSA) is 85.2 Å². The van der Waals surface area contributed by atoms with Crippen molar-refractivity contribution < 1.29 is 9.59 Å². The zero-order chi connectivity index (χ0) is 19.9. The lowest BCUT2D eigenvalue weighted by Gasteiger charge is -2.22. The van der Waals surface area contributed by atoms with Crippen molar-refractivity contribution >= 4 is 11.9 Å². The van der Waals surface area contributed by atoms with Gasteiger partial charge < -0.3 is 10.6 Å². The van der Waals surface area contributed by atoms with Crippen LogP contribution in [0.4, 0.5) is 4.79 Å². The Hall–Kier alpha value is -3.33. The molecule has 0 aliphatic heterocycles.